The summed E-state index contributed by atoms with van der Waals surface area (Å²) < 4.78 is 1.84. The summed E-state index contributed by atoms with van der Waals surface area (Å²) in [6.07, 6.45) is 4.95. The minimum atomic E-state index is 0.336. The molecule has 0 bridgehead atoms. The number of nitrogens with one attached hydrogen (secondary N) is 1. The predicted molar refractivity (Wildman–Crippen MR) is 120 cm³/mol. The molecule has 2 aliphatic rings. The maximum atomic E-state index is 6.11. The van der Waals surface area contributed by atoms with E-state index in [9.17, 15) is 0 Å². The summed E-state index contributed by atoms with van der Waals surface area (Å²) in [7, 11) is 1.95. The first-order valence-corrected chi connectivity index (χ1v) is 10.5. The van der Waals surface area contributed by atoms with Gasteiger partial charge in [0.2, 0.25) is 5.95 Å². The lowest BCUT2D eigenvalue weighted by atomic mass is 9.92. The van der Waals surface area contributed by atoms with Crippen molar-refractivity contribution in [1.29, 1.82) is 0 Å². The highest BCUT2D eigenvalue weighted by atomic mass is 15.3. The molecule has 1 atom stereocenters. The molecule has 0 radical (unpaired) electrons. The smallest absolute Gasteiger partial charge is 0.223 e. The second-order valence-corrected chi connectivity index (χ2v) is 8.25. The van der Waals surface area contributed by atoms with Gasteiger partial charge in [0.25, 0.3) is 0 Å². The van der Waals surface area contributed by atoms with E-state index in [0.717, 1.165) is 56.3 Å². The number of rotatable bonds is 3. The molecule has 8 nitrogen and oxygen atoms in total. The van der Waals surface area contributed by atoms with Crippen LogP contribution in [0.5, 0.6) is 0 Å². The summed E-state index contributed by atoms with van der Waals surface area (Å²) in [4.78, 5) is 13.7. The van der Waals surface area contributed by atoms with Gasteiger partial charge in [0.05, 0.1) is 6.20 Å². The minimum Gasteiger partial charge on any atom is -0.368 e. The zero-order chi connectivity index (χ0) is 20.7. The van der Waals surface area contributed by atoms with Crippen LogP contribution >= 0.6 is 0 Å². The molecule has 1 fully saturated rings. The van der Waals surface area contributed by atoms with Crippen LogP contribution in [0.3, 0.4) is 0 Å². The quantitative estimate of drug-likeness (QED) is 0.688. The van der Waals surface area contributed by atoms with Crippen molar-refractivity contribution in [1.82, 2.24) is 25.1 Å². The van der Waals surface area contributed by atoms with Gasteiger partial charge in [-0.1, -0.05) is 12.1 Å². The molecule has 156 valence electrons. The van der Waals surface area contributed by atoms with Crippen molar-refractivity contribution >= 4 is 17.6 Å². The maximum Gasteiger partial charge on any atom is 0.223 e. The number of aryl methyl sites for hydroxylation is 1. The van der Waals surface area contributed by atoms with E-state index in [1.54, 1.807) is 0 Å². The fourth-order valence-corrected chi connectivity index (χ4v) is 4.44. The summed E-state index contributed by atoms with van der Waals surface area (Å²) in [5.74, 6) is 2.16. The Bertz CT molecular complexity index is 1050. The number of piperazine rings is 1. The fourth-order valence-electron chi connectivity index (χ4n) is 4.44. The van der Waals surface area contributed by atoms with Gasteiger partial charge in [0.15, 0.2) is 0 Å². The van der Waals surface area contributed by atoms with Gasteiger partial charge in [0, 0.05) is 63.6 Å². The molecular weight excluding hydrogens is 376 g/mol. The highest BCUT2D eigenvalue weighted by Gasteiger charge is 2.26. The standard InChI is InChI=1S/C22H28N8/c1-15-9-16-3-4-17(19-12-25-28(2)13-19)10-18(16)14-30(15)21-11-20(26-22(23)27-21)29-7-5-24-6-8-29/h3-4,10-13,15,24H,5-9,14H2,1-2H3,(H2,23,26,27). The van der Waals surface area contributed by atoms with E-state index in [1.807, 2.05) is 17.9 Å². The third-order valence-corrected chi connectivity index (χ3v) is 6.08. The SMILES string of the molecule is CC1Cc2ccc(-c3cnn(C)c3)cc2CN1c1cc(N2CCNCC2)nc(N)n1. The summed E-state index contributed by atoms with van der Waals surface area (Å²) in [6, 6.07) is 9.17. The van der Waals surface area contributed by atoms with Crippen LogP contribution in [0.4, 0.5) is 17.6 Å². The average Bonchev–Trinajstić information content (AvgIpc) is 3.19. The Hall–Kier alpha value is -3.13. The van der Waals surface area contributed by atoms with Gasteiger partial charge in [-0.05, 0) is 36.1 Å². The van der Waals surface area contributed by atoms with Gasteiger partial charge in [-0.2, -0.15) is 15.1 Å². The number of hydrogen-bond donors (Lipinski definition) is 2. The second-order valence-electron chi connectivity index (χ2n) is 8.25. The third kappa shape index (κ3) is 3.59. The molecule has 0 spiro atoms. The van der Waals surface area contributed by atoms with Crippen LogP contribution < -0.4 is 20.9 Å². The van der Waals surface area contributed by atoms with Crippen LogP contribution in [-0.4, -0.2) is 52.0 Å². The molecule has 1 saturated heterocycles. The normalized spacial score (nSPS) is 19.1. The Labute approximate surface area is 176 Å². The number of fused-ring (bicyclic) bond motifs is 1. The first kappa shape index (κ1) is 18.9. The Kier molecular flexibility index (Phi) is 4.78. The number of nitrogens with zero attached hydrogens (tertiary/aromatic N) is 6. The fraction of sp³-hybridized carbons (Fsp3) is 0.409. The van der Waals surface area contributed by atoms with Crippen LogP contribution in [0.1, 0.15) is 18.1 Å². The topological polar surface area (TPSA) is 88.1 Å². The Balaban J connectivity index is 1.46. The second kappa shape index (κ2) is 7.60. The van der Waals surface area contributed by atoms with Crippen molar-refractivity contribution in [3.05, 3.63) is 47.8 Å². The average molecular weight is 405 g/mol. The van der Waals surface area contributed by atoms with Crippen LogP contribution in [0, 0.1) is 0 Å². The van der Waals surface area contributed by atoms with E-state index < -0.39 is 0 Å². The molecule has 4 heterocycles. The first-order valence-electron chi connectivity index (χ1n) is 10.5. The van der Waals surface area contributed by atoms with Gasteiger partial charge in [0.1, 0.15) is 11.6 Å². The maximum absolute atomic E-state index is 6.11. The van der Waals surface area contributed by atoms with Crippen LogP contribution in [-0.2, 0) is 20.0 Å². The number of anilines is 3. The Morgan fingerprint density at radius 2 is 1.83 bits per heavy atom. The molecule has 0 aliphatic carbocycles. The van der Waals surface area contributed by atoms with Crippen molar-refractivity contribution in [2.24, 2.45) is 7.05 Å². The summed E-state index contributed by atoms with van der Waals surface area (Å²) in [6.45, 7) is 6.85. The van der Waals surface area contributed by atoms with Gasteiger partial charge < -0.3 is 20.9 Å². The van der Waals surface area contributed by atoms with Crippen LogP contribution in [0.25, 0.3) is 11.1 Å². The number of nitrogen functional groups attached to an aromatic ring is 1. The molecule has 8 heteroatoms. The molecule has 3 N–H and O–H groups in total. The van der Waals surface area contributed by atoms with E-state index in [2.05, 4.69) is 67.6 Å². The third-order valence-electron chi connectivity index (χ3n) is 6.08. The summed E-state index contributed by atoms with van der Waals surface area (Å²) in [5, 5.41) is 7.69. The monoisotopic (exact) mass is 404 g/mol. The number of benzene rings is 1. The van der Waals surface area contributed by atoms with Crippen molar-refractivity contribution in [2.45, 2.75) is 25.9 Å². The van der Waals surface area contributed by atoms with Crippen LogP contribution in [0.2, 0.25) is 0 Å². The molecule has 0 saturated carbocycles. The lowest BCUT2D eigenvalue weighted by Crippen LogP contribution is -2.44. The molecule has 0 amide bonds. The van der Waals surface area contributed by atoms with Crippen molar-refractivity contribution in [3.8, 4) is 11.1 Å². The molecule has 5 rings (SSSR count). The molecular formula is C22H28N8. The largest absolute Gasteiger partial charge is 0.368 e. The number of nitrogens with two attached hydrogens (primary N) is 1. The van der Waals surface area contributed by atoms with E-state index in [-0.39, 0.29) is 0 Å². The molecule has 1 unspecified atom stereocenters. The molecule has 2 aliphatic heterocycles. The van der Waals surface area contributed by atoms with E-state index in [0.29, 0.717) is 12.0 Å². The van der Waals surface area contributed by atoms with Gasteiger partial charge >= 0.3 is 0 Å². The predicted octanol–water partition coefficient (Wildman–Crippen LogP) is 1.82. The van der Waals surface area contributed by atoms with Crippen molar-refractivity contribution in [2.75, 3.05) is 41.7 Å². The number of aromatic nitrogens is 4. The molecule has 30 heavy (non-hydrogen) atoms. The Morgan fingerprint density at radius 1 is 1.03 bits per heavy atom. The summed E-state index contributed by atoms with van der Waals surface area (Å²) in [5.41, 5.74) is 11.2. The first-order chi connectivity index (χ1) is 14.6. The Morgan fingerprint density at radius 3 is 2.60 bits per heavy atom. The highest BCUT2D eigenvalue weighted by Crippen LogP contribution is 2.32. The zero-order valence-electron chi connectivity index (χ0n) is 17.5. The van der Waals surface area contributed by atoms with Crippen molar-refractivity contribution in [3.63, 3.8) is 0 Å². The minimum absolute atomic E-state index is 0.336. The number of hydrogen-bond acceptors (Lipinski definition) is 7. The lowest BCUT2D eigenvalue weighted by molar-refractivity contribution is 0.578. The molecule has 3 aromatic rings. The zero-order valence-corrected chi connectivity index (χ0v) is 17.5. The van der Waals surface area contributed by atoms with Gasteiger partial charge in [-0.25, -0.2) is 0 Å². The van der Waals surface area contributed by atoms with E-state index in [1.165, 1.54) is 16.7 Å². The molecule has 2 aromatic heterocycles. The van der Waals surface area contributed by atoms with Gasteiger partial charge in [-0.15, -0.1) is 0 Å². The summed E-state index contributed by atoms with van der Waals surface area (Å²) >= 11 is 0. The van der Waals surface area contributed by atoms with Gasteiger partial charge in [-0.3, -0.25) is 4.68 Å². The van der Waals surface area contributed by atoms with Crippen molar-refractivity contribution < 1.29 is 0 Å². The van der Waals surface area contributed by atoms with E-state index in [4.69, 9.17) is 5.73 Å². The molecule has 1 aromatic carbocycles. The van der Waals surface area contributed by atoms with E-state index >= 15 is 0 Å². The lowest BCUT2D eigenvalue weighted by Gasteiger charge is -2.37. The highest BCUT2D eigenvalue weighted by molar-refractivity contribution is 5.65. The van der Waals surface area contributed by atoms with Crippen LogP contribution in [0.15, 0.2) is 36.7 Å².